The number of benzene rings is 1. The highest BCUT2D eigenvalue weighted by atomic mass is 35.5. The third-order valence-corrected chi connectivity index (χ3v) is 1.87. The summed E-state index contributed by atoms with van der Waals surface area (Å²) in [4.78, 5) is 0. The van der Waals surface area contributed by atoms with Crippen LogP contribution in [0.25, 0.3) is 0 Å². The number of hydrogen-bond acceptors (Lipinski definition) is 2. The van der Waals surface area contributed by atoms with Crippen molar-refractivity contribution in [3.8, 4) is 0 Å². The van der Waals surface area contributed by atoms with E-state index < -0.39 is 11.9 Å². The molecule has 0 aromatic heterocycles. The SMILES string of the molecule is Cl.N[C@@H](CO)c1cccc(Cl)c1F. The summed E-state index contributed by atoms with van der Waals surface area (Å²) in [6, 6.07) is 3.83. The molecule has 74 valence electrons. The second-order valence-electron chi connectivity index (χ2n) is 2.43. The minimum atomic E-state index is -0.705. The summed E-state index contributed by atoms with van der Waals surface area (Å²) in [7, 11) is 0. The van der Waals surface area contributed by atoms with Gasteiger partial charge in [-0.2, -0.15) is 0 Å². The van der Waals surface area contributed by atoms with Gasteiger partial charge < -0.3 is 10.8 Å². The van der Waals surface area contributed by atoms with E-state index in [4.69, 9.17) is 22.4 Å². The average molecular weight is 226 g/mol. The maximum atomic E-state index is 13.1. The van der Waals surface area contributed by atoms with Crippen LogP contribution >= 0.6 is 24.0 Å². The fraction of sp³-hybridized carbons (Fsp3) is 0.250. The van der Waals surface area contributed by atoms with Gasteiger partial charge in [0.25, 0.3) is 0 Å². The summed E-state index contributed by atoms with van der Waals surface area (Å²) in [6.07, 6.45) is 0. The highest BCUT2D eigenvalue weighted by molar-refractivity contribution is 6.30. The molecule has 2 nitrogen and oxygen atoms in total. The Morgan fingerprint density at radius 3 is 2.69 bits per heavy atom. The Balaban J connectivity index is 0.00000144. The van der Waals surface area contributed by atoms with Gasteiger partial charge in [-0.05, 0) is 6.07 Å². The summed E-state index contributed by atoms with van der Waals surface area (Å²) in [6.45, 7) is -0.294. The van der Waals surface area contributed by atoms with Crippen molar-refractivity contribution in [2.75, 3.05) is 6.61 Å². The van der Waals surface area contributed by atoms with Crippen molar-refractivity contribution >= 4 is 24.0 Å². The van der Waals surface area contributed by atoms with Crippen LogP contribution in [0.4, 0.5) is 4.39 Å². The van der Waals surface area contributed by atoms with Gasteiger partial charge in [0.05, 0.1) is 17.7 Å². The summed E-state index contributed by atoms with van der Waals surface area (Å²) >= 11 is 5.50. The Morgan fingerprint density at radius 2 is 2.15 bits per heavy atom. The summed E-state index contributed by atoms with van der Waals surface area (Å²) in [5.74, 6) is -0.555. The standard InChI is InChI=1S/C8H9ClFNO.ClH/c9-6-3-1-2-5(8(6)10)7(11)4-12;/h1-3,7,12H,4,11H2;1H/t7-;/m0./s1. The van der Waals surface area contributed by atoms with Gasteiger partial charge in [-0.25, -0.2) is 4.39 Å². The largest absolute Gasteiger partial charge is 0.394 e. The quantitative estimate of drug-likeness (QED) is 0.808. The van der Waals surface area contributed by atoms with E-state index in [9.17, 15) is 4.39 Å². The van der Waals surface area contributed by atoms with Gasteiger partial charge in [0, 0.05) is 5.56 Å². The van der Waals surface area contributed by atoms with E-state index in [2.05, 4.69) is 0 Å². The predicted molar refractivity (Wildman–Crippen MR) is 52.7 cm³/mol. The van der Waals surface area contributed by atoms with E-state index in [1.165, 1.54) is 12.1 Å². The lowest BCUT2D eigenvalue weighted by molar-refractivity contribution is 0.265. The Kier molecular flexibility index (Phi) is 5.25. The molecule has 0 aliphatic heterocycles. The van der Waals surface area contributed by atoms with Crippen LogP contribution in [-0.2, 0) is 0 Å². The molecule has 1 aromatic carbocycles. The molecule has 0 bridgehead atoms. The molecule has 0 spiro atoms. The van der Waals surface area contributed by atoms with Crippen LogP contribution in [0, 0.1) is 5.82 Å². The number of nitrogens with two attached hydrogens (primary N) is 1. The normalized spacial score (nSPS) is 12.0. The van der Waals surface area contributed by atoms with Gasteiger partial charge in [0.2, 0.25) is 0 Å². The second kappa shape index (κ2) is 5.40. The van der Waals surface area contributed by atoms with Gasteiger partial charge in [-0.15, -0.1) is 12.4 Å². The molecule has 1 atom stereocenters. The lowest BCUT2D eigenvalue weighted by Gasteiger charge is -2.09. The Labute approximate surface area is 86.9 Å². The fourth-order valence-electron chi connectivity index (χ4n) is 0.905. The predicted octanol–water partition coefficient (Wildman–Crippen LogP) is 1.89. The Hall–Kier alpha value is -0.350. The Morgan fingerprint density at radius 1 is 1.54 bits per heavy atom. The van der Waals surface area contributed by atoms with E-state index in [-0.39, 0.29) is 29.6 Å². The maximum Gasteiger partial charge on any atom is 0.146 e. The minimum Gasteiger partial charge on any atom is -0.394 e. The molecule has 0 amide bonds. The topological polar surface area (TPSA) is 46.2 Å². The first-order chi connectivity index (χ1) is 5.66. The number of aliphatic hydroxyl groups excluding tert-OH is 1. The summed E-state index contributed by atoms with van der Waals surface area (Å²) < 4.78 is 13.1. The molecule has 0 aliphatic rings. The molecule has 3 N–H and O–H groups in total. The molecule has 0 saturated carbocycles. The van der Waals surface area contributed by atoms with E-state index in [0.717, 1.165) is 0 Å². The van der Waals surface area contributed by atoms with Crippen LogP contribution < -0.4 is 5.73 Å². The lowest BCUT2D eigenvalue weighted by Crippen LogP contribution is -2.16. The first-order valence-corrected chi connectivity index (χ1v) is 3.85. The first kappa shape index (κ1) is 12.7. The van der Waals surface area contributed by atoms with E-state index in [1.807, 2.05) is 0 Å². The van der Waals surface area contributed by atoms with Gasteiger partial charge >= 0.3 is 0 Å². The number of halogens is 3. The molecule has 1 rings (SSSR count). The van der Waals surface area contributed by atoms with Gasteiger partial charge in [0.1, 0.15) is 5.82 Å². The molecule has 0 heterocycles. The van der Waals surface area contributed by atoms with Crippen molar-refractivity contribution in [1.29, 1.82) is 0 Å². The number of rotatable bonds is 2. The van der Waals surface area contributed by atoms with Crippen LogP contribution in [0.5, 0.6) is 0 Å². The van der Waals surface area contributed by atoms with Crippen LogP contribution in [-0.4, -0.2) is 11.7 Å². The highest BCUT2D eigenvalue weighted by Gasteiger charge is 2.11. The molecular weight excluding hydrogens is 216 g/mol. The molecule has 0 radical (unpaired) electrons. The van der Waals surface area contributed by atoms with Crippen molar-refractivity contribution < 1.29 is 9.50 Å². The van der Waals surface area contributed by atoms with Crippen LogP contribution in [0.15, 0.2) is 18.2 Å². The number of aliphatic hydroxyl groups is 1. The van der Waals surface area contributed by atoms with Gasteiger partial charge in [0.15, 0.2) is 0 Å². The zero-order valence-corrected chi connectivity index (χ0v) is 8.28. The van der Waals surface area contributed by atoms with E-state index in [1.54, 1.807) is 6.07 Å². The summed E-state index contributed by atoms with van der Waals surface area (Å²) in [5, 5.41) is 8.69. The van der Waals surface area contributed by atoms with Crippen molar-refractivity contribution in [3.05, 3.63) is 34.6 Å². The Bertz CT molecular complexity index is 283. The first-order valence-electron chi connectivity index (χ1n) is 3.47. The van der Waals surface area contributed by atoms with Gasteiger partial charge in [-0.3, -0.25) is 0 Å². The zero-order valence-electron chi connectivity index (χ0n) is 6.71. The highest BCUT2D eigenvalue weighted by Crippen LogP contribution is 2.21. The van der Waals surface area contributed by atoms with Crippen molar-refractivity contribution in [2.24, 2.45) is 5.73 Å². The molecule has 0 saturated heterocycles. The van der Waals surface area contributed by atoms with E-state index >= 15 is 0 Å². The molecular formula is C8H10Cl2FNO. The number of hydrogen-bond donors (Lipinski definition) is 2. The van der Waals surface area contributed by atoms with E-state index in [0.29, 0.717) is 0 Å². The molecule has 0 aliphatic carbocycles. The lowest BCUT2D eigenvalue weighted by atomic mass is 10.1. The average Bonchev–Trinajstić information content (AvgIpc) is 2.08. The van der Waals surface area contributed by atoms with Crippen LogP contribution in [0.3, 0.4) is 0 Å². The molecule has 1 aromatic rings. The van der Waals surface area contributed by atoms with Crippen molar-refractivity contribution in [2.45, 2.75) is 6.04 Å². The third-order valence-electron chi connectivity index (χ3n) is 1.58. The summed E-state index contributed by atoms with van der Waals surface area (Å²) in [5.41, 5.74) is 5.66. The third kappa shape index (κ3) is 2.81. The minimum absolute atomic E-state index is 0. The van der Waals surface area contributed by atoms with Crippen molar-refractivity contribution in [1.82, 2.24) is 0 Å². The monoisotopic (exact) mass is 225 g/mol. The zero-order chi connectivity index (χ0) is 9.14. The second-order valence-corrected chi connectivity index (χ2v) is 2.84. The molecule has 5 heteroatoms. The molecule has 0 fully saturated rings. The smallest absolute Gasteiger partial charge is 0.146 e. The molecule has 13 heavy (non-hydrogen) atoms. The van der Waals surface area contributed by atoms with Crippen LogP contribution in [0.1, 0.15) is 11.6 Å². The fourth-order valence-corrected chi connectivity index (χ4v) is 1.09. The van der Waals surface area contributed by atoms with Crippen LogP contribution in [0.2, 0.25) is 5.02 Å². The van der Waals surface area contributed by atoms with Crippen molar-refractivity contribution in [3.63, 3.8) is 0 Å². The molecule has 0 unspecified atom stereocenters. The maximum absolute atomic E-state index is 13.1. The van der Waals surface area contributed by atoms with Gasteiger partial charge in [-0.1, -0.05) is 23.7 Å².